The molecular formula is C15H23ClN2O2. The van der Waals surface area contributed by atoms with Gasteiger partial charge in [-0.3, -0.25) is 4.79 Å². The number of hydrogen-bond donors (Lipinski definition) is 2. The summed E-state index contributed by atoms with van der Waals surface area (Å²) in [7, 11) is 0. The van der Waals surface area contributed by atoms with E-state index < -0.39 is 6.04 Å². The minimum atomic E-state index is -0.589. The van der Waals surface area contributed by atoms with Gasteiger partial charge in [-0.2, -0.15) is 0 Å². The van der Waals surface area contributed by atoms with E-state index in [2.05, 4.69) is 5.32 Å². The van der Waals surface area contributed by atoms with Crippen LogP contribution in [0.15, 0.2) is 30.3 Å². The van der Waals surface area contributed by atoms with Gasteiger partial charge in [-0.15, -0.1) is 12.4 Å². The molecule has 4 nitrogen and oxygen atoms in total. The van der Waals surface area contributed by atoms with Crippen LogP contribution in [-0.2, 0) is 9.53 Å². The molecular weight excluding hydrogens is 276 g/mol. The predicted molar refractivity (Wildman–Crippen MR) is 81.8 cm³/mol. The van der Waals surface area contributed by atoms with Gasteiger partial charge in [-0.05, 0) is 31.2 Å². The van der Waals surface area contributed by atoms with Gasteiger partial charge in [0.1, 0.15) is 6.04 Å². The summed E-state index contributed by atoms with van der Waals surface area (Å²) in [5.74, 6) is -0.123. The van der Waals surface area contributed by atoms with Crippen molar-refractivity contribution in [1.29, 1.82) is 0 Å². The van der Waals surface area contributed by atoms with Crippen LogP contribution in [0.25, 0.3) is 0 Å². The van der Waals surface area contributed by atoms with Crippen molar-refractivity contribution in [2.75, 3.05) is 13.2 Å². The van der Waals surface area contributed by atoms with E-state index in [-0.39, 0.29) is 18.3 Å². The van der Waals surface area contributed by atoms with Crippen molar-refractivity contribution in [3.05, 3.63) is 35.9 Å². The third kappa shape index (κ3) is 5.12. The normalized spacial score (nSPS) is 19.8. The molecule has 5 heteroatoms. The summed E-state index contributed by atoms with van der Waals surface area (Å²) in [6.07, 6.45) is 4.64. The van der Waals surface area contributed by atoms with Crippen LogP contribution in [0, 0.1) is 0 Å². The quantitative estimate of drug-likeness (QED) is 0.876. The number of rotatable bonds is 5. The standard InChI is InChI=1S/C15H22N2O2.ClH/c16-14(12-6-2-1-3-7-12)15(18)17-10-9-13-8-4-5-11-19-13;/h1-3,6-7,13-14H,4-5,8-11,16H2,(H,17,18);1H. The molecule has 0 bridgehead atoms. The summed E-state index contributed by atoms with van der Waals surface area (Å²) < 4.78 is 5.62. The Morgan fingerprint density at radius 2 is 2.10 bits per heavy atom. The summed E-state index contributed by atoms with van der Waals surface area (Å²) in [4.78, 5) is 11.9. The molecule has 3 N–H and O–H groups in total. The summed E-state index contributed by atoms with van der Waals surface area (Å²) in [6, 6.07) is 8.84. The molecule has 1 amide bonds. The Morgan fingerprint density at radius 3 is 2.75 bits per heavy atom. The molecule has 0 aliphatic carbocycles. The van der Waals surface area contributed by atoms with Gasteiger partial charge in [-0.1, -0.05) is 30.3 Å². The van der Waals surface area contributed by atoms with Crippen LogP contribution in [0.2, 0.25) is 0 Å². The van der Waals surface area contributed by atoms with Crippen LogP contribution in [0.1, 0.15) is 37.3 Å². The van der Waals surface area contributed by atoms with E-state index in [9.17, 15) is 4.79 Å². The highest BCUT2D eigenvalue weighted by Gasteiger charge is 2.17. The van der Waals surface area contributed by atoms with Gasteiger partial charge >= 0.3 is 0 Å². The van der Waals surface area contributed by atoms with Crippen molar-refractivity contribution in [2.45, 2.75) is 37.8 Å². The minimum absolute atomic E-state index is 0. The molecule has 1 aromatic carbocycles. The SMILES string of the molecule is Cl.NC(C(=O)NCCC1CCCCO1)c1ccccc1. The van der Waals surface area contributed by atoms with Crippen molar-refractivity contribution in [3.8, 4) is 0 Å². The molecule has 0 radical (unpaired) electrons. The maximum Gasteiger partial charge on any atom is 0.241 e. The molecule has 0 saturated carbocycles. The number of nitrogens with two attached hydrogens (primary N) is 1. The fourth-order valence-corrected chi connectivity index (χ4v) is 2.31. The fraction of sp³-hybridized carbons (Fsp3) is 0.533. The molecule has 1 aliphatic rings. The Labute approximate surface area is 126 Å². The van der Waals surface area contributed by atoms with Gasteiger partial charge in [0.15, 0.2) is 0 Å². The Bertz CT molecular complexity index is 394. The fourth-order valence-electron chi connectivity index (χ4n) is 2.31. The van der Waals surface area contributed by atoms with Crippen molar-refractivity contribution < 1.29 is 9.53 Å². The highest BCUT2D eigenvalue weighted by atomic mass is 35.5. The number of hydrogen-bond acceptors (Lipinski definition) is 3. The molecule has 2 rings (SSSR count). The van der Waals surface area contributed by atoms with Crippen LogP contribution in [0.3, 0.4) is 0 Å². The van der Waals surface area contributed by atoms with E-state index >= 15 is 0 Å². The van der Waals surface area contributed by atoms with Crippen molar-refractivity contribution in [1.82, 2.24) is 5.32 Å². The lowest BCUT2D eigenvalue weighted by Gasteiger charge is -2.22. The van der Waals surface area contributed by atoms with Gasteiger partial charge in [0, 0.05) is 13.2 Å². The first-order valence-electron chi connectivity index (χ1n) is 6.97. The number of amides is 1. The molecule has 0 spiro atoms. The second-order valence-electron chi connectivity index (χ2n) is 4.96. The van der Waals surface area contributed by atoms with E-state index in [1.807, 2.05) is 30.3 Å². The monoisotopic (exact) mass is 298 g/mol. The average Bonchev–Trinajstić information content (AvgIpc) is 2.48. The first kappa shape index (κ1) is 17.0. The zero-order valence-corrected chi connectivity index (χ0v) is 12.4. The lowest BCUT2D eigenvalue weighted by atomic mass is 10.1. The lowest BCUT2D eigenvalue weighted by Crippen LogP contribution is -2.36. The Kier molecular flexibility index (Phi) is 7.59. The largest absolute Gasteiger partial charge is 0.378 e. The van der Waals surface area contributed by atoms with Gasteiger partial charge in [0.25, 0.3) is 0 Å². The number of carbonyl (C=O) groups excluding carboxylic acids is 1. The molecule has 2 atom stereocenters. The molecule has 1 aromatic rings. The second kappa shape index (κ2) is 8.95. The van der Waals surface area contributed by atoms with Crippen LogP contribution < -0.4 is 11.1 Å². The van der Waals surface area contributed by atoms with Crippen molar-refractivity contribution >= 4 is 18.3 Å². The first-order valence-corrected chi connectivity index (χ1v) is 6.97. The summed E-state index contributed by atoms with van der Waals surface area (Å²) >= 11 is 0. The van der Waals surface area contributed by atoms with E-state index in [1.165, 1.54) is 6.42 Å². The topological polar surface area (TPSA) is 64.4 Å². The van der Waals surface area contributed by atoms with E-state index in [0.29, 0.717) is 12.6 Å². The molecule has 0 aromatic heterocycles. The third-order valence-corrected chi connectivity index (χ3v) is 3.48. The van der Waals surface area contributed by atoms with E-state index in [0.717, 1.165) is 31.4 Å². The Morgan fingerprint density at radius 1 is 1.35 bits per heavy atom. The summed E-state index contributed by atoms with van der Waals surface area (Å²) in [5, 5.41) is 2.88. The van der Waals surface area contributed by atoms with Crippen LogP contribution in [0.4, 0.5) is 0 Å². The number of nitrogens with one attached hydrogen (secondary N) is 1. The number of halogens is 1. The molecule has 1 heterocycles. The Hall–Kier alpha value is -1.10. The van der Waals surface area contributed by atoms with Crippen molar-refractivity contribution in [3.63, 3.8) is 0 Å². The van der Waals surface area contributed by atoms with Crippen LogP contribution in [0.5, 0.6) is 0 Å². The van der Waals surface area contributed by atoms with E-state index in [1.54, 1.807) is 0 Å². The van der Waals surface area contributed by atoms with E-state index in [4.69, 9.17) is 10.5 Å². The Balaban J connectivity index is 0.00000200. The van der Waals surface area contributed by atoms with Gasteiger partial charge < -0.3 is 15.8 Å². The minimum Gasteiger partial charge on any atom is -0.378 e. The molecule has 1 aliphatic heterocycles. The zero-order chi connectivity index (χ0) is 13.5. The zero-order valence-electron chi connectivity index (χ0n) is 11.6. The van der Waals surface area contributed by atoms with Crippen molar-refractivity contribution in [2.24, 2.45) is 5.73 Å². The summed E-state index contributed by atoms with van der Waals surface area (Å²) in [5.41, 5.74) is 6.76. The van der Waals surface area contributed by atoms with Crippen LogP contribution in [-0.4, -0.2) is 25.2 Å². The maximum absolute atomic E-state index is 11.9. The lowest BCUT2D eigenvalue weighted by molar-refractivity contribution is -0.122. The third-order valence-electron chi connectivity index (χ3n) is 3.48. The van der Waals surface area contributed by atoms with Gasteiger partial charge in [-0.25, -0.2) is 0 Å². The molecule has 1 fully saturated rings. The molecule has 1 saturated heterocycles. The van der Waals surface area contributed by atoms with Gasteiger partial charge in [0.05, 0.1) is 6.10 Å². The molecule has 2 unspecified atom stereocenters. The molecule has 112 valence electrons. The first-order chi connectivity index (χ1) is 9.27. The number of ether oxygens (including phenoxy) is 1. The van der Waals surface area contributed by atoms with Gasteiger partial charge in [0.2, 0.25) is 5.91 Å². The number of carbonyl (C=O) groups is 1. The summed E-state index contributed by atoms with van der Waals surface area (Å²) in [6.45, 7) is 1.48. The predicted octanol–water partition coefficient (Wildman–Crippen LogP) is 2.18. The number of benzene rings is 1. The smallest absolute Gasteiger partial charge is 0.241 e. The van der Waals surface area contributed by atoms with Crippen LogP contribution >= 0.6 is 12.4 Å². The highest BCUT2D eigenvalue weighted by Crippen LogP contribution is 2.15. The maximum atomic E-state index is 11.9. The average molecular weight is 299 g/mol. The second-order valence-corrected chi connectivity index (χ2v) is 4.96. The highest BCUT2D eigenvalue weighted by molar-refractivity contribution is 5.85. The molecule has 20 heavy (non-hydrogen) atoms.